The van der Waals surface area contributed by atoms with E-state index in [0.717, 1.165) is 19.5 Å². The van der Waals surface area contributed by atoms with Crippen molar-refractivity contribution in [2.45, 2.75) is 38.6 Å². The summed E-state index contributed by atoms with van der Waals surface area (Å²) in [4.78, 5) is 0. The van der Waals surface area contributed by atoms with Gasteiger partial charge in [-0.2, -0.15) is 0 Å². The highest BCUT2D eigenvalue weighted by Gasteiger charge is 2.26. The van der Waals surface area contributed by atoms with E-state index >= 15 is 0 Å². The minimum absolute atomic E-state index is 0.175. The molecule has 2 heterocycles. The summed E-state index contributed by atoms with van der Waals surface area (Å²) >= 11 is 0. The van der Waals surface area contributed by atoms with Crippen LogP contribution in [0.5, 0.6) is 0 Å². The summed E-state index contributed by atoms with van der Waals surface area (Å²) in [5.74, 6) is 0. The summed E-state index contributed by atoms with van der Waals surface area (Å²) in [5.41, 5.74) is 10.3. The van der Waals surface area contributed by atoms with E-state index in [1.807, 2.05) is 0 Å². The number of hydrogen-bond donors (Lipinski definition) is 1. The van der Waals surface area contributed by atoms with Crippen molar-refractivity contribution >= 4 is 10.9 Å². The third-order valence-electron chi connectivity index (χ3n) is 4.10. The Kier molecular flexibility index (Phi) is 2.30. The molecular formula is C15H20N2. The molecule has 3 rings (SSSR count). The SMILES string of the molecule is CC(C)(CCN)c1cn2c3c(cccc13)CC2. The molecule has 2 heteroatoms. The van der Waals surface area contributed by atoms with E-state index in [1.165, 1.54) is 28.5 Å². The lowest BCUT2D eigenvalue weighted by Gasteiger charge is -2.23. The van der Waals surface area contributed by atoms with Gasteiger partial charge in [-0.05, 0) is 35.9 Å². The van der Waals surface area contributed by atoms with Gasteiger partial charge in [-0.25, -0.2) is 0 Å². The number of nitrogens with zero attached hydrogens (tertiary/aromatic N) is 1. The third-order valence-corrected chi connectivity index (χ3v) is 4.10. The van der Waals surface area contributed by atoms with Crippen LogP contribution in [0.3, 0.4) is 0 Å². The van der Waals surface area contributed by atoms with Crippen LogP contribution in [0.4, 0.5) is 0 Å². The number of benzene rings is 1. The smallest absolute Gasteiger partial charge is 0.0516 e. The molecule has 2 nitrogen and oxygen atoms in total. The maximum absolute atomic E-state index is 5.74. The Bertz CT molecular complexity index is 564. The van der Waals surface area contributed by atoms with Crippen LogP contribution < -0.4 is 5.73 Å². The van der Waals surface area contributed by atoms with Gasteiger partial charge >= 0.3 is 0 Å². The molecule has 2 N–H and O–H groups in total. The summed E-state index contributed by atoms with van der Waals surface area (Å²) < 4.78 is 2.41. The summed E-state index contributed by atoms with van der Waals surface area (Å²) in [6.45, 7) is 6.48. The fourth-order valence-electron chi connectivity index (χ4n) is 3.09. The van der Waals surface area contributed by atoms with E-state index in [0.29, 0.717) is 0 Å². The molecule has 0 radical (unpaired) electrons. The van der Waals surface area contributed by atoms with E-state index in [-0.39, 0.29) is 5.41 Å². The minimum atomic E-state index is 0.175. The van der Waals surface area contributed by atoms with Gasteiger partial charge in [0.05, 0.1) is 5.52 Å². The number of hydrogen-bond acceptors (Lipinski definition) is 1. The second-order valence-electron chi connectivity index (χ2n) is 5.72. The van der Waals surface area contributed by atoms with Crippen molar-refractivity contribution in [2.24, 2.45) is 5.73 Å². The molecular weight excluding hydrogens is 208 g/mol. The molecule has 0 fully saturated rings. The van der Waals surface area contributed by atoms with Crippen molar-refractivity contribution in [1.29, 1.82) is 0 Å². The predicted molar refractivity (Wildman–Crippen MR) is 72.3 cm³/mol. The zero-order chi connectivity index (χ0) is 12.0. The van der Waals surface area contributed by atoms with Crippen molar-refractivity contribution in [1.82, 2.24) is 4.57 Å². The molecule has 17 heavy (non-hydrogen) atoms. The van der Waals surface area contributed by atoms with Gasteiger partial charge in [0.1, 0.15) is 0 Å². The lowest BCUT2D eigenvalue weighted by atomic mass is 9.81. The highest BCUT2D eigenvalue weighted by Crippen LogP contribution is 2.37. The first-order valence-electron chi connectivity index (χ1n) is 6.45. The zero-order valence-electron chi connectivity index (χ0n) is 10.7. The Morgan fingerprint density at radius 2 is 2.18 bits per heavy atom. The van der Waals surface area contributed by atoms with E-state index in [9.17, 15) is 0 Å². The Hall–Kier alpha value is -1.28. The number of aromatic nitrogens is 1. The molecule has 0 amide bonds. The molecule has 1 aliphatic rings. The van der Waals surface area contributed by atoms with Gasteiger partial charge in [0.2, 0.25) is 0 Å². The minimum Gasteiger partial charge on any atom is -0.347 e. The van der Waals surface area contributed by atoms with Crippen molar-refractivity contribution in [3.63, 3.8) is 0 Å². The average Bonchev–Trinajstić information content (AvgIpc) is 2.85. The molecule has 0 saturated heterocycles. The molecule has 1 aromatic carbocycles. The highest BCUT2D eigenvalue weighted by molar-refractivity contribution is 5.88. The lowest BCUT2D eigenvalue weighted by molar-refractivity contribution is 0.489. The first kappa shape index (κ1) is 10.8. The van der Waals surface area contributed by atoms with Crippen LogP contribution in [0.25, 0.3) is 10.9 Å². The summed E-state index contributed by atoms with van der Waals surface area (Å²) in [6, 6.07) is 6.70. The fourth-order valence-corrected chi connectivity index (χ4v) is 3.09. The molecule has 0 spiro atoms. The molecule has 2 aromatic rings. The zero-order valence-corrected chi connectivity index (χ0v) is 10.7. The summed E-state index contributed by atoms with van der Waals surface area (Å²) in [7, 11) is 0. The van der Waals surface area contributed by atoms with Crippen LogP contribution in [0.2, 0.25) is 0 Å². The Morgan fingerprint density at radius 3 is 2.94 bits per heavy atom. The first-order valence-corrected chi connectivity index (χ1v) is 6.45. The number of rotatable bonds is 3. The van der Waals surface area contributed by atoms with Gasteiger partial charge in [0, 0.05) is 18.1 Å². The van der Waals surface area contributed by atoms with Crippen molar-refractivity contribution < 1.29 is 0 Å². The van der Waals surface area contributed by atoms with Gasteiger partial charge in [0.15, 0.2) is 0 Å². The number of nitrogens with two attached hydrogens (primary N) is 1. The molecule has 0 atom stereocenters. The van der Waals surface area contributed by atoms with Gasteiger partial charge in [-0.3, -0.25) is 0 Å². The fraction of sp³-hybridized carbons (Fsp3) is 0.467. The van der Waals surface area contributed by atoms with Gasteiger partial charge in [-0.1, -0.05) is 32.0 Å². The molecule has 0 aliphatic carbocycles. The van der Waals surface area contributed by atoms with Crippen molar-refractivity contribution in [3.8, 4) is 0 Å². The topological polar surface area (TPSA) is 30.9 Å². The molecule has 0 saturated carbocycles. The van der Waals surface area contributed by atoms with E-state index in [4.69, 9.17) is 5.73 Å². The molecule has 1 aromatic heterocycles. The third kappa shape index (κ3) is 1.51. The molecule has 90 valence electrons. The Morgan fingerprint density at radius 1 is 1.35 bits per heavy atom. The van der Waals surface area contributed by atoms with Crippen LogP contribution in [0.15, 0.2) is 24.4 Å². The average molecular weight is 228 g/mol. The van der Waals surface area contributed by atoms with Crippen LogP contribution in [-0.2, 0) is 18.4 Å². The predicted octanol–water partition coefficient (Wildman–Crippen LogP) is 2.82. The van der Waals surface area contributed by atoms with E-state index in [2.05, 4.69) is 42.8 Å². The van der Waals surface area contributed by atoms with Crippen LogP contribution in [-0.4, -0.2) is 11.1 Å². The molecule has 0 unspecified atom stereocenters. The number of para-hydroxylation sites is 1. The Balaban J connectivity index is 2.23. The lowest BCUT2D eigenvalue weighted by Crippen LogP contribution is -2.21. The first-order chi connectivity index (χ1) is 8.13. The second kappa shape index (κ2) is 3.61. The normalized spacial score (nSPS) is 14.8. The Labute approximate surface area is 102 Å². The van der Waals surface area contributed by atoms with Crippen molar-refractivity contribution in [3.05, 3.63) is 35.5 Å². The second-order valence-corrected chi connectivity index (χ2v) is 5.72. The van der Waals surface area contributed by atoms with Crippen molar-refractivity contribution in [2.75, 3.05) is 6.54 Å². The van der Waals surface area contributed by atoms with Crippen LogP contribution in [0, 0.1) is 0 Å². The summed E-state index contributed by atoms with van der Waals surface area (Å²) in [6.07, 6.45) is 4.57. The van der Waals surface area contributed by atoms with Gasteiger partial charge in [0.25, 0.3) is 0 Å². The maximum Gasteiger partial charge on any atom is 0.0516 e. The van der Waals surface area contributed by atoms with Gasteiger partial charge < -0.3 is 10.3 Å². The quantitative estimate of drug-likeness (QED) is 0.860. The largest absolute Gasteiger partial charge is 0.347 e. The summed E-state index contributed by atoms with van der Waals surface area (Å²) in [5, 5.41) is 1.43. The monoisotopic (exact) mass is 228 g/mol. The van der Waals surface area contributed by atoms with Crippen LogP contribution >= 0.6 is 0 Å². The molecule has 0 bridgehead atoms. The standard InChI is InChI=1S/C15H20N2/c1-15(2,7-8-16)13-10-17-9-6-11-4-3-5-12(13)14(11)17/h3-5,10H,6-9,16H2,1-2H3. The maximum atomic E-state index is 5.74. The molecule has 1 aliphatic heterocycles. The van der Waals surface area contributed by atoms with E-state index in [1.54, 1.807) is 0 Å². The van der Waals surface area contributed by atoms with Crippen LogP contribution in [0.1, 0.15) is 31.4 Å². The van der Waals surface area contributed by atoms with E-state index < -0.39 is 0 Å². The number of aryl methyl sites for hydroxylation is 2. The highest BCUT2D eigenvalue weighted by atomic mass is 15.0. The van der Waals surface area contributed by atoms with Gasteiger partial charge in [-0.15, -0.1) is 0 Å².